The summed E-state index contributed by atoms with van der Waals surface area (Å²) in [7, 11) is 0. The third kappa shape index (κ3) is 4.66. The van der Waals surface area contributed by atoms with Crippen LogP contribution in [0.25, 0.3) is 10.4 Å². The van der Waals surface area contributed by atoms with Gasteiger partial charge in [-0.2, -0.15) is 5.11 Å². The van der Waals surface area contributed by atoms with Crippen molar-refractivity contribution in [2.45, 2.75) is 11.5 Å². The normalized spacial score (nSPS) is 19.8. The lowest BCUT2D eigenvalue weighted by atomic mass is 10.2. The molecule has 1 unspecified atom stereocenters. The fourth-order valence-electron chi connectivity index (χ4n) is 1.19. The zero-order chi connectivity index (χ0) is 14.3. The molecule has 2 atom stereocenters. The van der Waals surface area contributed by atoms with Crippen LogP contribution in [0.3, 0.4) is 0 Å². The van der Waals surface area contributed by atoms with Crippen molar-refractivity contribution in [3.8, 4) is 0 Å². The Labute approximate surface area is 118 Å². The van der Waals surface area contributed by atoms with Gasteiger partial charge in [-0.15, -0.1) is 0 Å². The molecule has 0 saturated heterocycles. The molecule has 102 valence electrons. The maximum absolute atomic E-state index is 11.8. The first-order valence-corrected chi connectivity index (χ1v) is 5.79. The Morgan fingerprint density at radius 2 is 2.42 bits per heavy atom. The zero-order valence-electron chi connectivity index (χ0n) is 9.49. The van der Waals surface area contributed by atoms with E-state index >= 15 is 0 Å². The first-order chi connectivity index (χ1) is 9.08. The van der Waals surface area contributed by atoms with Gasteiger partial charge in [-0.05, 0) is 17.7 Å². The number of hydrogen-bond acceptors (Lipinski definition) is 5. The number of carbonyl (C=O) groups is 1. The van der Waals surface area contributed by atoms with Crippen LogP contribution in [0.1, 0.15) is 0 Å². The molecule has 19 heavy (non-hydrogen) atoms. The molecule has 1 heterocycles. The van der Waals surface area contributed by atoms with Gasteiger partial charge in [0.05, 0.1) is 12.2 Å². The van der Waals surface area contributed by atoms with Gasteiger partial charge in [0.1, 0.15) is 10.7 Å². The van der Waals surface area contributed by atoms with E-state index < -0.39 is 17.5 Å². The number of alkyl halides is 1. The molecule has 1 rings (SSSR count). The van der Waals surface area contributed by atoms with Crippen molar-refractivity contribution in [3.63, 3.8) is 0 Å². The highest BCUT2D eigenvalue weighted by molar-refractivity contribution is 6.31. The number of nitrogens with one attached hydrogen (secondary N) is 2. The number of allylic oxidation sites excluding steroid dienone is 2. The van der Waals surface area contributed by atoms with Gasteiger partial charge < -0.3 is 16.5 Å². The first-order valence-electron chi connectivity index (χ1n) is 4.98. The van der Waals surface area contributed by atoms with Crippen LogP contribution in [0.2, 0.25) is 0 Å². The van der Waals surface area contributed by atoms with E-state index in [0.717, 1.165) is 0 Å². The number of azide groups is 1. The van der Waals surface area contributed by atoms with E-state index in [-0.39, 0.29) is 6.54 Å². The number of nitrogens with two attached hydrogens (primary N) is 1. The number of dihydropyridines is 1. The number of hydrogen-bond donors (Lipinski definition) is 3. The molecule has 0 bridgehead atoms. The Balaban J connectivity index is 2.73. The van der Waals surface area contributed by atoms with Gasteiger partial charge in [0.2, 0.25) is 0 Å². The molecule has 0 fully saturated rings. The molecule has 9 nitrogen and oxygen atoms in total. The number of amides is 1. The topological polar surface area (TPSA) is 141 Å². The summed E-state index contributed by atoms with van der Waals surface area (Å²) < 4.78 is 0. The number of nitrogens with zero attached hydrogens (tertiary/aromatic N) is 5. The molecule has 0 radical (unpaired) electrons. The Hall–Kier alpha value is -1.96. The van der Waals surface area contributed by atoms with Gasteiger partial charge in [-0.1, -0.05) is 33.5 Å². The molecule has 0 saturated carbocycles. The van der Waals surface area contributed by atoms with Gasteiger partial charge in [-0.3, -0.25) is 4.79 Å². The Morgan fingerprint density at radius 3 is 3.00 bits per heavy atom. The second-order valence-corrected chi connectivity index (χ2v) is 4.14. The summed E-state index contributed by atoms with van der Waals surface area (Å²) >= 11 is 11.6. The molecular formula is C8H10Cl2N8O. The molecule has 1 aliphatic rings. The van der Waals surface area contributed by atoms with Gasteiger partial charge in [0.25, 0.3) is 5.91 Å². The van der Waals surface area contributed by atoms with Crippen molar-refractivity contribution in [1.82, 2.24) is 10.6 Å². The van der Waals surface area contributed by atoms with E-state index in [1.165, 1.54) is 6.08 Å². The fourth-order valence-corrected chi connectivity index (χ4v) is 1.66. The van der Waals surface area contributed by atoms with Crippen LogP contribution < -0.4 is 16.5 Å². The highest BCUT2D eigenvalue weighted by Crippen LogP contribution is 2.14. The third-order valence-corrected chi connectivity index (χ3v) is 2.62. The Kier molecular flexibility index (Phi) is 5.94. The average Bonchev–Trinajstić information content (AvgIpc) is 2.37. The van der Waals surface area contributed by atoms with E-state index in [9.17, 15) is 4.79 Å². The summed E-state index contributed by atoms with van der Waals surface area (Å²) in [5.41, 5.74) is 7.92. The van der Waals surface area contributed by atoms with E-state index in [4.69, 9.17) is 34.6 Å². The lowest BCUT2D eigenvalue weighted by Gasteiger charge is -2.21. The summed E-state index contributed by atoms with van der Waals surface area (Å²) in [4.78, 5) is 14.4. The molecule has 0 aromatic rings. The van der Waals surface area contributed by atoms with E-state index in [0.29, 0.717) is 10.9 Å². The molecule has 1 aliphatic heterocycles. The first kappa shape index (κ1) is 15.1. The lowest BCUT2D eigenvalue weighted by molar-refractivity contribution is -0.121. The number of carbonyl (C=O) groups excluding carboxylic acids is 1. The number of halogens is 2. The Bertz CT molecular complexity index is 481. The smallest absolute Gasteiger partial charge is 0.251 e. The van der Waals surface area contributed by atoms with Crippen molar-refractivity contribution in [1.29, 1.82) is 0 Å². The van der Waals surface area contributed by atoms with Crippen LogP contribution >= 0.6 is 23.2 Å². The van der Waals surface area contributed by atoms with E-state index in [2.05, 4.69) is 31.0 Å². The second kappa shape index (κ2) is 7.47. The van der Waals surface area contributed by atoms with E-state index in [1.54, 1.807) is 6.08 Å². The molecule has 4 N–H and O–H groups in total. The highest BCUT2D eigenvalue weighted by Gasteiger charge is 2.22. The van der Waals surface area contributed by atoms with Gasteiger partial charge in [-0.25, -0.2) is 0 Å². The molecule has 0 aromatic heterocycles. The van der Waals surface area contributed by atoms with Crippen molar-refractivity contribution < 1.29 is 4.79 Å². The minimum Gasteiger partial charge on any atom is -0.355 e. The minimum absolute atomic E-state index is 0.201. The third-order valence-electron chi connectivity index (χ3n) is 2.04. The molecule has 0 aliphatic carbocycles. The fraction of sp³-hybridized carbons (Fsp3) is 0.375. The summed E-state index contributed by atoms with van der Waals surface area (Å²) in [5, 5.41) is 15.3. The molecule has 0 aromatic carbocycles. The van der Waals surface area contributed by atoms with Crippen LogP contribution in [0, 0.1) is 0 Å². The van der Waals surface area contributed by atoms with Crippen LogP contribution in [-0.2, 0) is 4.79 Å². The van der Waals surface area contributed by atoms with Crippen molar-refractivity contribution in [3.05, 3.63) is 33.4 Å². The molecule has 11 heteroatoms. The van der Waals surface area contributed by atoms with Crippen LogP contribution in [0.5, 0.6) is 0 Å². The van der Waals surface area contributed by atoms with Gasteiger partial charge in [0, 0.05) is 4.91 Å². The van der Waals surface area contributed by atoms with Crippen molar-refractivity contribution in [2.75, 3.05) is 6.54 Å². The lowest BCUT2D eigenvalue weighted by Crippen LogP contribution is -2.41. The standard InChI is InChI=1S/C8H10Cl2N8O/c9-6-2-1-4(7(10)15-6)14-8(19)5(16-18-12)3-13-17-11/h1-2,5,7,15H,3H2,(H2,12,16)(H,14,19)/t5-,7?/m1/s1. The minimum atomic E-state index is -1.02. The predicted molar refractivity (Wildman–Crippen MR) is 69.8 cm³/mol. The largest absolute Gasteiger partial charge is 0.355 e. The maximum Gasteiger partial charge on any atom is 0.251 e. The van der Waals surface area contributed by atoms with Crippen LogP contribution in [0.4, 0.5) is 0 Å². The van der Waals surface area contributed by atoms with Crippen LogP contribution in [-0.4, -0.2) is 24.0 Å². The van der Waals surface area contributed by atoms with Gasteiger partial charge >= 0.3 is 0 Å². The quantitative estimate of drug-likeness (QED) is 0.134. The summed E-state index contributed by atoms with van der Waals surface area (Å²) in [5.74, 6) is 4.33. The highest BCUT2D eigenvalue weighted by atomic mass is 35.5. The molecular weight excluding hydrogens is 295 g/mol. The van der Waals surface area contributed by atoms with Crippen molar-refractivity contribution >= 4 is 29.1 Å². The monoisotopic (exact) mass is 304 g/mol. The average molecular weight is 305 g/mol. The van der Waals surface area contributed by atoms with E-state index in [1.807, 2.05) is 0 Å². The SMILES string of the molecule is [N-]=[N+]=NC[C@@H](N=NN)C(=O)NC1=CC=C(Cl)NC1Cl. The summed E-state index contributed by atoms with van der Waals surface area (Å²) in [6.45, 7) is -0.201. The van der Waals surface area contributed by atoms with Crippen molar-refractivity contribution in [2.24, 2.45) is 21.3 Å². The molecule has 1 amide bonds. The van der Waals surface area contributed by atoms with Gasteiger partial charge in [0.15, 0.2) is 6.04 Å². The maximum atomic E-state index is 11.8. The Morgan fingerprint density at radius 1 is 1.68 bits per heavy atom. The zero-order valence-corrected chi connectivity index (χ0v) is 11.0. The van der Waals surface area contributed by atoms with Crippen LogP contribution in [0.15, 0.2) is 38.5 Å². The summed E-state index contributed by atoms with van der Waals surface area (Å²) in [6, 6.07) is -1.02. The number of rotatable bonds is 5. The predicted octanol–water partition coefficient (Wildman–Crippen LogP) is 1.24. The molecule has 0 spiro atoms. The second-order valence-electron chi connectivity index (χ2n) is 3.29. The summed E-state index contributed by atoms with van der Waals surface area (Å²) in [6.07, 6.45) is 3.07.